The zero-order valence-corrected chi connectivity index (χ0v) is 16.9. The van der Waals surface area contributed by atoms with E-state index in [1.165, 1.54) is 10.9 Å². The van der Waals surface area contributed by atoms with Gasteiger partial charge < -0.3 is 15.0 Å². The Bertz CT molecular complexity index is 1050. The number of H-pyrrole nitrogens is 1. The highest BCUT2D eigenvalue weighted by Gasteiger charge is 2.35. The Kier molecular flexibility index (Phi) is 4.54. The normalized spacial score (nSPS) is 27.7. The number of β-amino-alcohol motifs (C(OH)–C–C–N with tert-alkyl or cyclic N) is 1. The molecule has 6 nitrogen and oxygen atoms in total. The molecule has 2 N–H and O–H groups in total. The average Bonchev–Trinajstić information content (AvgIpc) is 3.34. The number of aliphatic hydroxyl groups is 1. The van der Waals surface area contributed by atoms with Gasteiger partial charge in [-0.1, -0.05) is 0 Å². The molecule has 0 bridgehead atoms. The lowest BCUT2D eigenvalue weighted by Gasteiger charge is -2.30. The summed E-state index contributed by atoms with van der Waals surface area (Å²) in [6.45, 7) is 2.98. The van der Waals surface area contributed by atoms with E-state index < -0.39 is 5.60 Å². The van der Waals surface area contributed by atoms with Gasteiger partial charge in [0.2, 0.25) is 5.91 Å². The fraction of sp³-hybridized carbons (Fsp3) is 0.522. The maximum absolute atomic E-state index is 12.6. The minimum Gasteiger partial charge on any atom is -0.388 e. The van der Waals surface area contributed by atoms with Gasteiger partial charge in [0, 0.05) is 42.7 Å². The first-order chi connectivity index (χ1) is 14.0. The number of fused-ring (bicyclic) bond motifs is 3. The molecule has 1 atom stereocenters. The molecule has 6 heteroatoms. The van der Waals surface area contributed by atoms with Crippen molar-refractivity contribution in [1.82, 2.24) is 19.9 Å². The summed E-state index contributed by atoms with van der Waals surface area (Å²) in [6, 6.07) is 4.25. The van der Waals surface area contributed by atoms with Crippen LogP contribution in [0.4, 0.5) is 0 Å². The molecule has 1 unspecified atom stereocenters. The molecule has 1 amide bonds. The lowest BCUT2D eigenvalue weighted by atomic mass is 9.76. The largest absolute Gasteiger partial charge is 0.388 e. The van der Waals surface area contributed by atoms with Gasteiger partial charge in [-0.15, -0.1) is 0 Å². The van der Waals surface area contributed by atoms with Crippen molar-refractivity contribution in [1.29, 1.82) is 0 Å². The second-order valence-corrected chi connectivity index (χ2v) is 9.14. The number of carbonyl (C=O) groups is 1. The van der Waals surface area contributed by atoms with Gasteiger partial charge in [0.05, 0.1) is 17.3 Å². The number of likely N-dealkylation sites (tertiary alicyclic amines) is 1. The highest BCUT2D eigenvalue weighted by Crippen LogP contribution is 2.41. The number of hydrogen-bond acceptors (Lipinski definition) is 4. The van der Waals surface area contributed by atoms with Crippen molar-refractivity contribution in [3.05, 3.63) is 36.3 Å². The number of pyridine rings is 2. The van der Waals surface area contributed by atoms with Gasteiger partial charge in [0.25, 0.3) is 0 Å². The third kappa shape index (κ3) is 3.50. The molecule has 2 aliphatic rings. The molecule has 1 saturated heterocycles. The third-order valence-corrected chi connectivity index (χ3v) is 6.88. The monoisotopic (exact) mass is 392 g/mol. The zero-order valence-electron chi connectivity index (χ0n) is 16.9. The van der Waals surface area contributed by atoms with Crippen LogP contribution >= 0.6 is 0 Å². The van der Waals surface area contributed by atoms with E-state index in [2.05, 4.69) is 27.1 Å². The van der Waals surface area contributed by atoms with Gasteiger partial charge in [0.15, 0.2) is 0 Å². The zero-order chi connectivity index (χ0) is 20.0. The smallest absolute Gasteiger partial charge is 0.222 e. The van der Waals surface area contributed by atoms with Crippen molar-refractivity contribution >= 4 is 27.8 Å². The highest BCUT2D eigenvalue weighted by molar-refractivity contribution is 6.05. The molecule has 0 radical (unpaired) electrons. The fourth-order valence-electron chi connectivity index (χ4n) is 5.23. The van der Waals surface area contributed by atoms with Gasteiger partial charge in [-0.3, -0.25) is 9.78 Å². The van der Waals surface area contributed by atoms with Gasteiger partial charge in [-0.05, 0) is 68.6 Å². The molecule has 3 aromatic rings. The van der Waals surface area contributed by atoms with E-state index in [4.69, 9.17) is 0 Å². The highest BCUT2D eigenvalue weighted by atomic mass is 16.3. The maximum atomic E-state index is 12.6. The summed E-state index contributed by atoms with van der Waals surface area (Å²) in [5, 5.41) is 12.5. The van der Waals surface area contributed by atoms with Gasteiger partial charge in [-0.25, -0.2) is 4.98 Å². The lowest BCUT2D eigenvalue weighted by Crippen LogP contribution is -2.35. The van der Waals surface area contributed by atoms with Crippen LogP contribution < -0.4 is 0 Å². The number of nitrogens with zero attached hydrogens (tertiary/aromatic N) is 3. The Labute approximate surface area is 170 Å². The number of hydrogen-bond donors (Lipinski definition) is 2. The summed E-state index contributed by atoms with van der Waals surface area (Å²) in [6.07, 6.45) is 11.3. The van der Waals surface area contributed by atoms with Crippen LogP contribution in [0.25, 0.3) is 21.9 Å². The summed E-state index contributed by atoms with van der Waals surface area (Å²) in [5.74, 6) is 1.16. The van der Waals surface area contributed by atoms with Crippen LogP contribution in [0.15, 0.2) is 30.7 Å². The quantitative estimate of drug-likeness (QED) is 0.711. The summed E-state index contributed by atoms with van der Waals surface area (Å²) >= 11 is 0. The Morgan fingerprint density at radius 2 is 2.10 bits per heavy atom. The average molecular weight is 393 g/mol. The van der Waals surface area contributed by atoms with E-state index in [0.29, 0.717) is 37.8 Å². The minimum absolute atomic E-state index is 0.209. The molecule has 152 valence electrons. The minimum atomic E-state index is -0.714. The second kappa shape index (κ2) is 7.10. The predicted molar refractivity (Wildman–Crippen MR) is 113 cm³/mol. The van der Waals surface area contributed by atoms with E-state index in [1.54, 1.807) is 0 Å². The summed E-state index contributed by atoms with van der Waals surface area (Å²) in [4.78, 5) is 26.7. The van der Waals surface area contributed by atoms with Crippen LogP contribution in [0.2, 0.25) is 0 Å². The predicted octanol–water partition coefficient (Wildman–Crippen LogP) is 3.76. The van der Waals surface area contributed by atoms with Crippen molar-refractivity contribution in [3.63, 3.8) is 0 Å². The van der Waals surface area contributed by atoms with Crippen LogP contribution in [0.5, 0.6) is 0 Å². The Morgan fingerprint density at radius 3 is 2.86 bits per heavy atom. The molecular formula is C23H28N4O2. The summed E-state index contributed by atoms with van der Waals surface area (Å²) in [5.41, 5.74) is 2.51. The van der Waals surface area contributed by atoms with Crippen molar-refractivity contribution in [2.75, 3.05) is 13.1 Å². The topological polar surface area (TPSA) is 82.1 Å². The fourth-order valence-corrected chi connectivity index (χ4v) is 5.23. The summed E-state index contributed by atoms with van der Waals surface area (Å²) < 4.78 is 0. The molecule has 5 rings (SSSR count). The first-order valence-corrected chi connectivity index (χ1v) is 10.7. The maximum Gasteiger partial charge on any atom is 0.222 e. The van der Waals surface area contributed by atoms with Crippen LogP contribution in [0, 0.1) is 5.92 Å². The van der Waals surface area contributed by atoms with Crippen molar-refractivity contribution in [2.45, 2.75) is 57.0 Å². The Hall–Kier alpha value is -2.47. The van der Waals surface area contributed by atoms with E-state index in [1.807, 2.05) is 30.4 Å². The molecule has 3 aromatic heterocycles. The third-order valence-electron chi connectivity index (χ3n) is 6.88. The van der Waals surface area contributed by atoms with E-state index >= 15 is 0 Å². The molecular weight excluding hydrogens is 364 g/mol. The summed E-state index contributed by atoms with van der Waals surface area (Å²) in [7, 11) is 0. The van der Waals surface area contributed by atoms with Gasteiger partial charge in [-0.2, -0.15) is 0 Å². The Balaban J connectivity index is 1.29. The first-order valence-electron chi connectivity index (χ1n) is 10.7. The van der Waals surface area contributed by atoms with E-state index in [9.17, 15) is 9.90 Å². The van der Waals surface area contributed by atoms with Crippen molar-refractivity contribution in [3.8, 4) is 0 Å². The van der Waals surface area contributed by atoms with Crippen molar-refractivity contribution in [2.24, 2.45) is 5.92 Å². The number of aromatic nitrogens is 3. The number of nitrogens with one attached hydrogen (secondary N) is 1. The molecule has 1 aliphatic heterocycles. The second-order valence-electron chi connectivity index (χ2n) is 9.14. The van der Waals surface area contributed by atoms with Crippen LogP contribution in [0.1, 0.15) is 56.9 Å². The Morgan fingerprint density at radius 1 is 1.28 bits per heavy atom. The molecule has 2 fully saturated rings. The van der Waals surface area contributed by atoms with Crippen LogP contribution in [0.3, 0.4) is 0 Å². The molecule has 1 saturated carbocycles. The van der Waals surface area contributed by atoms with Crippen molar-refractivity contribution < 1.29 is 9.90 Å². The number of carbonyl (C=O) groups excluding carboxylic acids is 1. The number of amides is 1. The molecule has 4 heterocycles. The molecule has 29 heavy (non-hydrogen) atoms. The van der Waals surface area contributed by atoms with E-state index in [-0.39, 0.29) is 5.91 Å². The van der Waals surface area contributed by atoms with Gasteiger partial charge >= 0.3 is 0 Å². The van der Waals surface area contributed by atoms with Crippen LogP contribution in [-0.4, -0.2) is 49.6 Å². The molecule has 0 spiro atoms. The number of aromatic amines is 1. The molecule has 0 aromatic carbocycles. The van der Waals surface area contributed by atoms with E-state index in [0.717, 1.165) is 42.2 Å². The lowest BCUT2D eigenvalue weighted by molar-refractivity contribution is -0.132. The first kappa shape index (κ1) is 18.6. The molecule has 1 aliphatic carbocycles. The van der Waals surface area contributed by atoms with Crippen LogP contribution in [-0.2, 0) is 4.79 Å². The standard InChI is InChI=1S/C23H28N4O2/c1-23(29)8-11-27(14-23)20(28)12-15-2-4-16(5-3-15)17-6-9-24-19-13-26-22-18(21(17)19)7-10-25-22/h6-7,9-10,13,15-16,29H,2-5,8,11-12,14H2,1H3,(H,25,26). The SMILES string of the molecule is CC1(O)CCN(C(=O)CC2CCC(c3ccnc4cnc5[nH]ccc5c34)CC2)C1. The number of rotatable bonds is 3. The van der Waals surface area contributed by atoms with Gasteiger partial charge in [0.1, 0.15) is 5.65 Å².